The quantitative estimate of drug-likeness (QED) is 0.147. The van der Waals surface area contributed by atoms with E-state index >= 15 is 0 Å². The molecule has 5 heteroatoms. The fraction of sp³-hybridized carbons (Fsp3) is 0.262. The van der Waals surface area contributed by atoms with E-state index in [1.54, 1.807) is 0 Å². The van der Waals surface area contributed by atoms with Gasteiger partial charge in [0.2, 0.25) is 0 Å². The molecule has 0 saturated carbocycles. The number of hydrogen-bond donors (Lipinski definition) is 0. The molecule has 11 rings (SSSR count). The van der Waals surface area contributed by atoms with Crippen LogP contribution >= 0.6 is 11.3 Å². The number of allylic oxidation sites excluding steroid dienone is 3. The predicted molar refractivity (Wildman–Crippen MR) is 307 cm³/mol. The van der Waals surface area contributed by atoms with Crippen LogP contribution in [-0.2, 0) is 16.2 Å². The molecule has 3 heterocycles. The lowest BCUT2D eigenvalue weighted by Crippen LogP contribution is -2.60. The molecule has 0 amide bonds. The Morgan fingerprint density at radius 2 is 1.21 bits per heavy atom. The highest BCUT2D eigenvalue weighted by Gasteiger charge is 2.47. The largest absolute Gasteiger partial charge is 0.311 e. The van der Waals surface area contributed by atoms with Crippen molar-refractivity contribution in [2.24, 2.45) is 0 Å². The minimum atomic E-state index is -0.130. The van der Waals surface area contributed by atoms with Gasteiger partial charge < -0.3 is 14.7 Å². The van der Waals surface area contributed by atoms with Gasteiger partial charge in [0, 0.05) is 54.7 Å². The van der Waals surface area contributed by atoms with Crippen LogP contribution in [0.15, 0.2) is 176 Å². The number of nitrogens with zero attached hydrogens (tertiary/aromatic N) is 3. The smallest absolute Gasteiger partial charge is 0.264 e. The van der Waals surface area contributed by atoms with Gasteiger partial charge in [-0.3, -0.25) is 0 Å². The summed E-state index contributed by atoms with van der Waals surface area (Å²) < 4.78 is 2.74. The van der Waals surface area contributed by atoms with Crippen LogP contribution in [0.2, 0.25) is 0 Å². The summed E-state index contributed by atoms with van der Waals surface area (Å²) in [5.41, 5.74) is 21.3. The van der Waals surface area contributed by atoms with Gasteiger partial charge in [0.15, 0.2) is 0 Å². The summed E-state index contributed by atoms with van der Waals surface area (Å²) in [6.45, 7) is 25.9. The van der Waals surface area contributed by atoms with Crippen molar-refractivity contribution in [2.45, 2.75) is 111 Å². The molecule has 3 nitrogen and oxygen atoms in total. The van der Waals surface area contributed by atoms with Gasteiger partial charge in [-0.1, -0.05) is 179 Å². The molecule has 0 radical (unpaired) electrons. The van der Waals surface area contributed by atoms with Gasteiger partial charge in [-0.2, -0.15) is 0 Å². The highest BCUT2D eigenvalue weighted by atomic mass is 32.1. The van der Waals surface area contributed by atoms with Crippen molar-refractivity contribution >= 4 is 89.3 Å². The van der Waals surface area contributed by atoms with Gasteiger partial charge >= 0.3 is 0 Å². The number of para-hydroxylation sites is 2. The van der Waals surface area contributed by atoms with Crippen molar-refractivity contribution in [3.63, 3.8) is 0 Å². The Bertz CT molecular complexity index is 3360. The lowest BCUT2D eigenvalue weighted by molar-refractivity contribution is 0.578. The first-order chi connectivity index (χ1) is 33.5. The van der Waals surface area contributed by atoms with Crippen LogP contribution in [0.5, 0.6) is 0 Å². The maximum Gasteiger partial charge on any atom is 0.264 e. The summed E-state index contributed by atoms with van der Waals surface area (Å²) in [7, 11) is 0. The highest BCUT2D eigenvalue weighted by Crippen LogP contribution is 2.53. The van der Waals surface area contributed by atoms with Crippen LogP contribution in [0.3, 0.4) is 0 Å². The molecule has 70 heavy (non-hydrogen) atoms. The first-order valence-electron chi connectivity index (χ1n) is 25.5. The number of thiophene rings is 1. The van der Waals surface area contributed by atoms with E-state index in [2.05, 4.69) is 261 Å². The lowest BCUT2D eigenvalue weighted by Gasteiger charge is -2.45. The van der Waals surface area contributed by atoms with Crippen molar-refractivity contribution in [1.29, 1.82) is 0 Å². The Morgan fingerprint density at radius 3 is 1.86 bits per heavy atom. The Hall–Kier alpha value is -6.56. The topological polar surface area (TPSA) is 9.72 Å². The molecule has 0 N–H and O–H groups in total. The Morgan fingerprint density at radius 1 is 0.557 bits per heavy atom. The second kappa shape index (κ2) is 17.1. The molecule has 0 saturated heterocycles. The summed E-state index contributed by atoms with van der Waals surface area (Å²) in [5, 5.41) is 1.33. The van der Waals surface area contributed by atoms with Gasteiger partial charge in [-0.15, -0.1) is 11.3 Å². The lowest BCUT2D eigenvalue weighted by atomic mass is 9.36. The van der Waals surface area contributed by atoms with Crippen molar-refractivity contribution in [3.05, 3.63) is 198 Å². The van der Waals surface area contributed by atoms with E-state index in [0.29, 0.717) is 5.92 Å². The number of rotatable bonds is 7. The van der Waals surface area contributed by atoms with Gasteiger partial charge in [-0.05, 0) is 146 Å². The average Bonchev–Trinajstić information content (AvgIpc) is 3.72. The molecule has 0 bridgehead atoms. The maximum atomic E-state index is 2.66. The van der Waals surface area contributed by atoms with Gasteiger partial charge in [0.1, 0.15) is 0 Å². The molecule has 350 valence electrons. The molecule has 1 aromatic heterocycles. The minimum absolute atomic E-state index is 0.0143. The van der Waals surface area contributed by atoms with Gasteiger partial charge in [0.25, 0.3) is 6.71 Å². The Balaban J connectivity index is 1.32. The summed E-state index contributed by atoms with van der Waals surface area (Å²) in [6, 6.07) is 58.1. The Kier molecular flexibility index (Phi) is 11.2. The molecule has 0 atom stereocenters. The third kappa shape index (κ3) is 7.82. The maximum absolute atomic E-state index is 2.66. The zero-order valence-electron chi connectivity index (χ0n) is 43.0. The van der Waals surface area contributed by atoms with E-state index in [0.717, 1.165) is 24.2 Å². The standard InChI is InChI=1S/C65H66BN3S/c1-42(2)50-41-59-51(40-53(50)65(9,10)11)61-62(70-59)66-54-36-31-44(43-23-15-12-16-24-43)37-56(54)69(55-30-22-21-29-52(55)64(6,7)8)58-39-49(67(46-25-17-13-18-26-46)47-27-19-14-20-28-47)38-57(60(58)66)68(61)48-34-32-45(33-35-48)63(3,4)5/h12-13,15-19,21-42H,14,20H2,1-11H3. The number of anilines is 8. The van der Waals surface area contributed by atoms with E-state index < -0.39 is 0 Å². The predicted octanol–water partition coefficient (Wildman–Crippen LogP) is 17.0. The van der Waals surface area contributed by atoms with Crippen molar-refractivity contribution in [2.75, 3.05) is 14.7 Å². The van der Waals surface area contributed by atoms with Crippen LogP contribution in [-0.4, -0.2) is 6.71 Å². The highest BCUT2D eigenvalue weighted by molar-refractivity contribution is 7.33. The average molecular weight is 932 g/mol. The van der Waals surface area contributed by atoms with E-state index in [9.17, 15) is 0 Å². The summed E-state index contributed by atoms with van der Waals surface area (Å²) in [6.07, 6.45) is 9.13. The number of hydrogen-bond acceptors (Lipinski definition) is 4. The number of fused-ring (bicyclic) bond motifs is 6. The normalized spacial score (nSPS) is 14.5. The molecular formula is C65H66BN3S. The van der Waals surface area contributed by atoms with E-state index in [1.165, 1.54) is 99.0 Å². The molecular weight excluding hydrogens is 866 g/mol. The fourth-order valence-corrected chi connectivity index (χ4v) is 12.7. The van der Waals surface area contributed by atoms with Crippen molar-refractivity contribution in [1.82, 2.24) is 0 Å². The van der Waals surface area contributed by atoms with E-state index in [1.807, 2.05) is 11.3 Å². The number of benzene rings is 7. The molecule has 8 aromatic rings. The van der Waals surface area contributed by atoms with Crippen molar-refractivity contribution in [3.8, 4) is 11.1 Å². The monoisotopic (exact) mass is 932 g/mol. The third-order valence-corrected chi connectivity index (χ3v) is 16.0. The van der Waals surface area contributed by atoms with Crippen LogP contribution in [0.1, 0.15) is 117 Å². The summed E-state index contributed by atoms with van der Waals surface area (Å²) in [5.74, 6) is 0.389. The minimum Gasteiger partial charge on any atom is -0.311 e. The van der Waals surface area contributed by atoms with E-state index in [-0.39, 0.29) is 23.0 Å². The van der Waals surface area contributed by atoms with Crippen LogP contribution in [0.25, 0.3) is 21.2 Å². The zero-order valence-corrected chi connectivity index (χ0v) is 43.8. The van der Waals surface area contributed by atoms with Crippen LogP contribution < -0.4 is 30.4 Å². The SMILES string of the molecule is CC(C)c1cc2sc3c(c2cc1C(C)(C)C)N(c1ccc(C(C)(C)C)cc1)c1cc(N(C2=CCCC=C2)c2ccccc2)cc2c1B3c1ccc(-c3ccccc3)cc1N2c1ccccc1C(C)(C)C. The summed E-state index contributed by atoms with van der Waals surface area (Å²) >= 11 is 2.01. The van der Waals surface area contributed by atoms with E-state index in [4.69, 9.17) is 0 Å². The summed E-state index contributed by atoms with van der Waals surface area (Å²) in [4.78, 5) is 7.80. The van der Waals surface area contributed by atoms with Crippen LogP contribution in [0, 0.1) is 0 Å². The van der Waals surface area contributed by atoms with Gasteiger partial charge in [0.05, 0.1) is 11.4 Å². The first-order valence-corrected chi connectivity index (χ1v) is 26.3. The zero-order chi connectivity index (χ0) is 48.9. The second-order valence-corrected chi connectivity index (χ2v) is 24.2. The first kappa shape index (κ1) is 45.9. The molecule has 7 aromatic carbocycles. The molecule has 0 fully saturated rings. The second-order valence-electron chi connectivity index (χ2n) is 23.1. The molecule has 0 spiro atoms. The molecule has 0 unspecified atom stereocenters. The molecule has 2 aliphatic heterocycles. The van der Waals surface area contributed by atoms with Gasteiger partial charge in [-0.25, -0.2) is 0 Å². The fourth-order valence-electron chi connectivity index (χ4n) is 11.3. The van der Waals surface area contributed by atoms with Crippen molar-refractivity contribution < 1.29 is 0 Å². The molecule has 3 aliphatic rings. The molecule has 1 aliphatic carbocycles. The van der Waals surface area contributed by atoms with Crippen LogP contribution in [0.4, 0.5) is 45.5 Å². The third-order valence-electron chi connectivity index (χ3n) is 14.8. The Labute approximate surface area is 421 Å².